The zero-order valence-corrected chi connectivity index (χ0v) is 11.8. The van der Waals surface area contributed by atoms with Gasteiger partial charge in [-0.2, -0.15) is 0 Å². The lowest BCUT2D eigenvalue weighted by Crippen LogP contribution is -2.52. The van der Waals surface area contributed by atoms with Crippen molar-refractivity contribution in [1.29, 1.82) is 0 Å². The van der Waals surface area contributed by atoms with Crippen LogP contribution in [0.2, 0.25) is 0 Å². The standard InChI is InChI=1S/C14H30N2O/c1-4-6-9-16(12(3)5-2)13(11-15)14-8-7-10-17-14/h12-14H,4-11,15H2,1-3H3. The Kier molecular flexibility index (Phi) is 7.09. The highest BCUT2D eigenvalue weighted by atomic mass is 16.5. The molecule has 1 fully saturated rings. The highest BCUT2D eigenvalue weighted by molar-refractivity contribution is 4.86. The summed E-state index contributed by atoms with van der Waals surface area (Å²) in [6, 6.07) is 1.03. The van der Waals surface area contributed by atoms with E-state index in [-0.39, 0.29) is 0 Å². The predicted molar refractivity (Wildman–Crippen MR) is 73.2 cm³/mol. The molecular formula is C14H30N2O. The van der Waals surface area contributed by atoms with E-state index in [1.165, 1.54) is 32.1 Å². The first kappa shape index (κ1) is 14.9. The summed E-state index contributed by atoms with van der Waals surface area (Å²) in [4.78, 5) is 2.58. The minimum atomic E-state index is 0.367. The Bertz CT molecular complexity index is 193. The Morgan fingerprint density at radius 2 is 2.18 bits per heavy atom. The lowest BCUT2D eigenvalue weighted by atomic mass is 10.0. The van der Waals surface area contributed by atoms with E-state index in [1.807, 2.05) is 0 Å². The third-order valence-electron chi connectivity index (χ3n) is 3.99. The maximum absolute atomic E-state index is 6.00. The van der Waals surface area contributed by atoms with Crippen LogP contribution in [0.1, 0.15) is 52.9 Å². The molecule has 0 aromatic rings. The van der Waals surface area contributed by atoms with Gasteiger partial charge in [-0.05, 0) is 39.2 Å². The molecule has 1 aliphatic heterocycles. The van der Waals surface area contributed by atoms with Crippen LogP contribution in [0.3, 0.4) is 0 Å². The zero-order chi connectivity index (χ0) is 12.7. The molecule has 3 nitrogen and oxygen atoms in total. The van der Waals surface area contributed by atoms with E-state index in [2.05, 4.69) is 25.7 Å². The molecule has 17 heavy (non-hydrogen) atoms. The molecule has 1 saturated heterocycles. The molecule has 0 aliphatic carbocycles. The molecule has 0 aromatic heterocycles. The molecule has 1 aliphatic rings. The third kappa shape index (κ3) is 4.23. The van der Waals surface area contributed by atoms with Gasteiger partial charge in [-0.25, -0.2) is 0 Å². The zero-order valence-electron chi connectivity index (χ0n) is 11.8. The van der Waals surface area contributed by atoms with Crippen molar-refractivity contribution in [2.24, 2.45) is 5.73 Å². The van der Waals surface area contributed by atoms with Gasteiger partial charge in [-0.3, -0.25) is 4.90 Å². The minimum absolute atomic E-state index is 0.367. The van der Waals surface area contributed by atoms with Crippen molar-refractivity contribution in [2.45, 2.75) is 71.1 Å². The first-order chi connectivity index (χ1) is 8.24. The van der Waals surface area contributed by atoms with Gasteiger partial charge < -0.3 is 10.5 Å². The van der Waals surface area contributed by atoms with E-state index in [9.17, 15) is 0 Å². The summed E-state index contributed by atoms with van der Waals surface area (Å²) in [7, 11) is 0. The second kappa shape index (κ2) is 8.06. The van der Waals surface area contributed by atoms with Gasteiger partial charge in [-0.1, -0.05) is 20.3 Å². The van der Waals surface area contributed by atoms with Crippen LogP contribution in [0, 0.1) is 0 Å². The topological polar surface area (TPSA) is 38.5 Å². The number of ether oxygens (including phenoxy) is 1. The molecule has 0 amide bonds. The van der Waals surface area contributed by atoms with Crippen molar-refractivity contribution in [3.05, 3.63) is 0 Å². The Balaban J connectivity index is 2.62. The molecule has 0 spiro atoms. The molecular weight excluding hydrogens is 212 g/mol. The normalized spacial score (nSPS) is 24.2. The number of rotatable bonds is 8. The van der Waals surface area contributed by atoms with Gasteiger partial charge in [0.25, 0.3) is 0 Å². The SMILES string of the molecule is CCCCN(C(C)CC)C(CN)C1CCCO1. The van der Waals surface area contributed by atoms with Crippen molar-refractivity contribution < 1.29 is 4.74 Å². The molecule has 0 saturated carbocycles. The highest BCUT2D eigenvalue weighted by Gasteiger charge is 2.31. The van der Waals surface area contributed by atoms with Crippen LogP contribution in [-0.4, -0.2) is 42.8 Å². The van der Waals surface area contributed by atoms with Crippen LogP contribution in [0.4, 0.5) is 0 Å². The van der Waals surface area contributed by atoms with Crippen LogP contribution < -0.4 is 5.73 Å². The largest absolute Gasteiger partial charge is 0.377 e. The van der Waals surface area contributed by atoms with Gasteiger partial charge in [0.1, 0.15) is 0 Å². The van der Waals surface area contributed by atoms with Crippen molar-refractivity contribution in [1.82, 2.24) is 4.90 Å². The van der Waals surface area contributed by atoms with Crippen molar-refractivity contribution in [3.8, 4) is 0 Å². The van der Waals surface area contributed by atoms with E-state index >= 15 is 0 Å². The van der Waals surface area contributed by atoms with E-state index in [4.69, 9.17) is 10.5 Å². The molecule has 3 unspecified atom stereocenters. The summed E-state index contributed by atoms with van der Waals surface area (Å²) < 4.78 is 5.84. The summed E-state index contributed by atoms with van der Waals surface area (Å²) in [6.07, 6.45) is 6.44. The number of hydrogen-bond donors (Lipinski definition) is 1. The van der Waals surface area contributed by atoms with Gasteiger partial charge >= 0.3 is 0 Å². The maximum atomic E-state index is 6.00. The molecule has 3 atom stereocenters. The minimum Gasteiger partial charge on any atom is -0.377 e. The summed E-state index contributed by atoms with van der Waals surface area (Å²) in [5, 5.41) is 0. The quantitative estimate of drug-likeness (QED) is 0.710. The smallest absolute Gasteiger partial charge is 0.0743 e. The summed E-state index contributed by atoms with van der Waals surface area (Å²) in [5.41, 5.74) is 6.00. The van der Waals surface area contributed by atoms with E-state index in [0.717, 1.165) is 19.7 Å². The predicted octanol–water partition coefficient (Wildman–Crippen LogP) is 2.39. The maximum Gasteiger partial charge on any atom is 0.0743 e. The molecule has 0 radical (unpaired) electrons. The van der Waals surface area contributed by atoms with Crippen molar-refractivity contribution >= 4 is 0 Å². The lowest BCUT2D eigenvalue weighted by Gasteiger charge is -2.38. The number of nitrogens with two attached hydrogens (primary N) is 1. The molecule has 1 rings (SSSR count). The van der Waals surface area contributed by atoms with Gasteiger partial charge in [0.15, 0.2) is 0 Å². The first-order valence-corrected chi connectivity index (χ1v) is 7.31. The average molecular weight is 242 g/mol. The monoisotopic (exact) mass is 242 g/mol. The fourth-order valence-electron chi connectivity index (χ4n) is 2.70. The van der Waals surface area contributed by atoms with E-state index < -0.39 is 0 Å². The van der Waals surface area contributed by atoms with Crippen LogP contribution in [-0.2, 0) is 4.74 Å². The number of hydrogen-bond acceptors (Lipinski definition) is 3. The lowest BCUT2D eigenvalue weighted by molar-refractivity contribution is 0.00990. The van der Waals surface area contributed by atoms with E-state index in [1.54, 1.807) is 0 Å². The highest BCUT2D eigenvalue weighted by Crippen LogP contribution is 2.22. The Hall–Kier alpha value is -0.120. The average Bonchev–Trinajstić information content (AvgIpc) is 2.87. The Morgan fingerprint density at radius 1 is 1.41 bits per heavy atom. The van der Waals surface area contributed by atoms with Crippen molar-refractivity contribution in [3.63, 3.8) is 0 Å². The summed E-state index contributed by atoms with van der Waals surface area (Å²) in [5.74, 6) is 0. The second-order valence-electron chi connectivity index (χ2n) is 5.20. The van der Waals surface area contributed by atoms with Gasteiger partial charge in [0.2, 0.25) is 0 Å². The summed E-state index contributed by atoms with van der Waals surface area (Å²) in [6.45, 7) is 9.62. The molecule has 0 bridgehead atoms. The van der Waals surface area contributed by atoms with E-state index in [0.29, 0.717) is 18.2 Å². The van der Waals surface area contributed by atoms with Crippen LogP contribution in [0.5, 0.6) is 0 Å². The van der Waals surface area contributed by atoms with Crippen molar-refractivity contribution in [2.75, 3.05) is 19.7 Å². The fraction of sp³-hybridized carbons (Fsp3) is 1.00. The molecule has 2 N–H and O–H groups in total. The number of unbranched alkanes of at least 4 members (excludes halogenated alkanes) is 1. The molecule has 102 valence electrons. The van der Waals surface area contributed by atoms with Crippen LogP contribution >= 0.6 is 0 Å². The molecule has 0 aromatic carbocycles. The third-order valence-corrected chi connectivity index (χ3v) is 3.99. The fourth-order valence-corrected chi connectivity index (χ4v) is 2.70. The Morgan fingerprint density at radius 3 is 2.65 bits per heavy atom. The second-order valence-corrected chi connectivity index (χ2v) is 5.20. The molecule has 3 heteroatoms. The Labute approximate surface area is 107 Å². The first-order valence-electron chi connectivity index (χ1n) is 7.31. The van der Waals surface area contributed by atoms with Crippen LogP contribution in [0.15, 0.2) is 0 Å². The summed E-state index contributed by atoms with van der Waals surface area (Å²) >= 11 is 0. The van der Waals surface area contributed by atoms with Gasteiger partial charge in [-0.15, -0.1) is 0 Å². The molecule has 1 heterocycles. The number of nitrogens with zero attached hydrogens (tertiary/aromatic N) is 1. The van der Waals surface area contributed by atoms with Gasteiger partial charge in [0, 0.05) is 25.2 Å². The van der Waals surface area contributed by atoms with Crippen LogP contribution in [0.25, 0.3) is 0 Å². The van der Waals surface area contributed by atoms with Gasteiger partial charge in [0.05, 0.1) is 6.10 Å².